The summed E-state index contributed by atoms with van der Waals surface area (Å²) in [5.74, 6) is 2.79. The largest absolute Gasteiger partial charge is 0.497 e. The van der Waals surface area contributed by atoms with Gasteiger partial charge in [0.15, 0.2) is 10.7 Å². The first kappa shape index (κ1) is 14.6. The van der Waals surface area contributed by atoms with Crippen LogP contribution in [0, 0.1) is 6.92 Å². The van der Waals surface area contributed by atoms with Gasteiger partial charge in [0.25, 0.3) is 0 Å². The summed E-state index contributed by atoms with van der Waals surface area (Å²) in [6.07, 6.45) is 0. The van der Waals surface area contributed by atoms with Crippen LogP contribution in [-0.4, -0.2) is 32.1 Å². The summed E-state index contributed by atoms with van der Waals surface area (Å²) >= 11 is 1.42. The van der Waals surface area contributed by atoms with Crippen molar-refractivity contribution in [3.8, 4) is 23.0 Å². The molecule has 0 aliphatic carbocycles. The number of rotatable bonds is 5. The van der Waals surface area contributed by atoms with E-state index < -0.39 is 0 Å². The molecule has 3 heterocycles. The number of methoxy groups -OCH3 is 1. The Bertz CT molecular complexity index is 973. The lowest BCUT2D eigenvalue weighted by Gasteiger charge is -2.04. The first-order chi connectivity index (χ1) is 11.7. The summed E-state index contributed by atoms with van der Waals surface area (Å²) in [4.78, 5) is 0.680. The second kappa shape index (κ2) is 5.93. The number of benzene rings is 1. The highest BCUT2D eigenvalue weighted by Gasteiger charge is 2.16. The summed E-state index contributed by atoms with van der Waals surface area (Å²) in [5.41, 5.74) is 0.605. The zero-order chi connectivity index (χ0) is 16.5. The highest BCUT2D eigenvalue weighted by atomic mass is 32.1. The molecule has 8 nitrogen and oxygen atoms in total. The van der Waals surface area contributed by atoms with Gasteiger partial charge in [-0.2, -0.15) is 9.61 Å². The number of nitrogens with zero attached hydrogens (tertiary/aromatic N) is 5. The van der Waals surface area contributed by atoms with E-state index in [-0.39, 0.29) is 0 Å². The summed E-state index contributed by atoms with van der Waals surface area (Å²) in [5, 5.41) is 17.4. The maximum atomic E-state index is 5.74. The molecule has 0 radical (unpaired) electrons. The molecule has 4 rings (SSSR count). The molecule has 122 valence electrons. The molecule has 24 heavy (non-hydrogen) atoms. The molecule has 0 saturated heterocycles. The molecule has 0 aliphatic rings. The van der Waals surface area contributed by atoms with E-state index in [2.05, 4.69) is 20.5 Å². The lowest BCUT2D eigenvalue weighted by molar-refractivity contribution is 0.303. The Kier molecular flexibility index (Phi) is 3.62. The summed E-state index contributed by atoms with van der Waals surface area (Å²) in [7, 11) is 1.63. The molecule has 3 aromatic heterocycles. The van der Waals surface area contributed by atoms with Gasteiger partial charge in [-0.25, -0.2) is 0 Å². The summed E-state index contributed by atoms with van der Waals surface area (Å²) < 4.78 is 17.6. The molecule has 0 fully saturated rings. The van der Waals surface area contributed by atoms with Crippen molar-refractivity contribution in [3.63, 3.8) is 0 Å². The van der Waals surface area contributed by atoms with Crippen LogP contribution in [-0.2, 0) is 6.61 Å². The molecule has 0 aliphatic heterocycles. The second-order valence-corrected chi connectivity index (χ2v) is 6.04. The van der Waals surface area contributed by atoms with Crippen LogP contribution < -0.4 is 9.47 Å². The van der Waals surface area contributed by atoms with Gasteiger partial charge in [-0.05, 0) is 31.2 Å². The second-order valence-electron chi connectivity index (χ2n) is 5.00. The Morgan fingerprint density at radius 1 is 1.17 bits per heavy atom. The average Bonchev–Trinajstić information content (AvgIpc) is 3.28. The highest BCUT2D eigenvalue weighted by molar-refractivity contribution is 7.16. The maximum absolute atomic E-state index is 5.74. The van der Waals surface area contributed by atoms with Gasteiger partial charge in [-0.3, -0.25) is 0 Å². The monoisotopic (exact) mass is 343 g/mol. The predicted octanol–water partition coefficient (Wildman–Crippen LogP) is 2.74. The van der Waals surface area contributed by atoms with E-state index in [0.717, 1.165) is 16.5 Å². The fraction of sp³-hybridized carbons (Fsp3) is 0.200. The zero-order valence-electron chi connectivity index (χ0n) is 13.0. The number of hydrogen-bond donors (Lipinski definition) is 0. The molecule has 0 unspecified atom stereocenters. The van der Waals surface area contributed by atoms with Crippen molar-refractivity contribution < 1.29 is 14.0 Å². The number of fused-ring (bicyclic) bond motifs is 1. The van der Waals surface area contributed by atoms with Crippen LogP contribution >= 0.6 is 11.3 Å². The normalized spacial score (nSPS) is 11.1. The Morgan fingerprint density at radius 3 is 2.67 bits per heavy atom. The van der Waals surface area contributed by atoms with Gasteiger partial charge < -0.3 is 14.0 Å². The van der Waals surface area contributed by atoms with Crippen molar-refractivity contribution in [3.05, 3.63) is 41.1 Å². The summed E-state index contributed by atoms with van der Waals surface area (Å²) in [6.45, 7) is 2.17. The van der Waals surface area contributed by atoms with E-state index >= 15 is 0 Å². The maximum Gasteiger partial charge on any atom is 0.235 e. The van der Waals surface area contributed by atoms with Gasteiger partial charge in [0, 0.05) is 6.07 Å². The molecule has 4 aromatic rings. The Labute approximate surface area is 140 Å². The van der Waals surface area contributed by atoms with Gasteiger partial charge in [0.05, 0.1) is 7.11 Å². The van der Waals surface area contributed by atoms with Crippen molar-refractivity contribution >= 4 is 16.3 Å². The fourth-order valence-corrected chi connectivity index (χ4v) is 2.91. The predicted molar refractivity (Wildman–Crippen MR) is 86.2 cm³/mol. The van der Waals surface area contributed by atoms with Gasteiger partial charge in [0.1, 0.15) is 23.9 Å². The Balaban J connectivity index is 1.53. The van der Waals surface area contributed by atoms with Crippen LogP contribution in [0.4, 0.5) is 0 Å². The molecule has 0 N–H and O–H groups in total. The van der Waals surface area contributed by atoms with E-state index in [1.54, 1.807) is 17.7 Å². The van der Waals surface area contributed by atoms with Crippen LogP contribution in [0.15, 0.2) is 34.9 Å². The fourth-order valence-electron chi connectivity index (χ4n) is 2.16. The number of aromatic nitrogens is 5. The van der Waals surface area contributed by atoms with Gasteiger partial charge >= 0.3 is 0 Å². The van der Waals surface area contributed by atoms with Crippen LogP contribution in [0.1, 0.15) is 10.8 Å². The van der Waals surface area contributed by atoms with Crippen molar-refractivity contribution in [2.75, 3.05) is 7.11 Å². The number of aryl methyl sites for hydroxylation is 1. The third-order valence-electron chi connectivity index (χ3n) is 3.31. The van der Waals surface area contributed by atoms with Crippen molar-refractivity contribution in [1.29, 1.82) is 0 Å². The molecule has 9 heteroatoms. The molecule has 1 aromatic carbocycles. The minimum atomic E-state index is 0.345. The molecule has 0 spiro atoms. The summed E-state index contributed by atoms with van der Waals surface area (Å²) in [6, 6.07) is 9.19. The standard InChI is InChI=1S/C15H13N5O3S/c1-9-7-12(19-23-9)14-16-17-15-20(14)18-13(24-15)8-22-11-5-3-10(21-2)4-6-11/h3-7H,8H2,1-2H3. The van der Waals surface area contributed by atoms with Crippen molar-refractivity contribution in [2.45, 2.75) is 13.5 Å². The van der Waals surface area contributed by atoms with Crippen molar-refractivity contribution in [1.82, 2.24) is 25.0 Å². The van der Waals surface area contributed by atoms with Gasteiger partial charge in [0.2, 0.25) is 10.8 Å². The highest BCUT2D eigenvalue weighted by Crippen LogP contribution is 2.23. The molecular formula is C15H13N5O3S. The Hall–Kier alpha value is -2.94. The van der Waals surface area contributed by atoms with E-state index in [9.17, 15) is 0 Å². The van der Waals surface area contributed by atoms with E-state index in [4.69, 9.17) is 14.0 Å². The SMILES string of the molecule is COc1ccc(OCc2nn3c(-c4cc(C)on4)nnc3s2)cc1. The van der Waals surface area contributed by atoms with Crippen LogP contribution in [0.2, 0.25) is 0 Å². The quantitative estimate of drug-likeness (QED) is 0.550. The van der Waals surface area contributed by atoms with Gasteiger partial charge in [-0.1, -0.05) is 16.5 Å². The number of ether oxygens (including phenoxy) is 2. The minimum absolute atomic E-state index is 0.345. The van der Waals surface area contributed by atoms with Crippen molar-refractivity contribution in [2.24, 2.45) is 0 Å². The van der Waals surface area contributed by atoms with E-state index in [1.807, 2.05) is 31.2 Å². The molecule has 0 atom stereocenters. The first-order valence-corrected chi connectivity index (χ1v) is 7.96. The number of hydrogen-bond acceptors (Lipinski definition) is 8. The zero-order valence-corrected chi connectivity index (χ0v) is 13.8. The minimum Gasteiger partial charge on any atom is -0.497 e. The molecule has 0 amide bonds. The average molecular weight is 343 g/mol. The van der Waals surface area contributed by atoms with Crippen LogP contribution in [0.25, 0.3) is 16.5 Å². The van der Waals surface area contributed by atoms with Crippen LogP contribution in [0.5, 0.6) is 11.5 Å². The molecule has 0 bridgehead atoms. The lowest BCUT2D eigenvalue weighted by atomic mass is 10.3. The topological polar surface area (TPSA) is 87.6 Å². The van der Waals surface area contributed by atoms with E-state index in [0.29, 0.717) is 28.8 Å². The third-order valence-corrected chi connectivity index (χ3v) is 4.18. The Morgan fingerprint density at radius 2 is 1.96 bits per heavy atom. The van der Waals surface area contributed by atoms with Crippen LogP contribution in [0.3, 0.4) is 0 Å². The van der Waals surface area contributed by atoms with E-state index in [1.165, 1.54) is 11.3 Å². The lowest BCUT2D eigenvalue weighted by Crippen LogP contribution is -1.97. The van der Waals surface area contributed by atoms with Gasteiger partial charge in [-0.15, -0.1) is 10.2 Å². The first-order valence-electron chi connectivity index (χ1n) is 7.14. The molecular weight excluding hydrogens is 330 g/mol. The smallest absolute Gasteiger partial charge is 0.235 e. The molecule has 0 saturated carbocycles. The third kappa shape index (κ3) is 2.69.